The Bertz CT molecular complexity index is 1570. The Morgan fingerprint density at radius 3 is 2.40 bits per heavy atom. The number of ketones is 1. The van der Waals surface area contributed by atoms with Crippen molar-refractivity contribution in [1.29, 1.82) is 5.26 Å². The highest BCUT2D eigenvalue weighted by Crippen LogP contribution is 2.55. The zero-order valence-electron chi connectivity index (χ0n) is 22.3. The highest BCUT2D eigenvalue weighted by atomic mass is 19.1. The third-order valence-corrected chi connectivity index (χ3v) is 8.66. The minimum atomic E-state index is -0.973. The number of nitrogens with zero attached hydrogens (tertiary/aromatic N) is 5. The molecule has 0 radical (unpaired) electrons. The predicted molar refractivity (Wildman–Crippen MR) is 139 cm³/mol. The van der Waals surface area contributed by atoms with Crippen LogP contribution in [0.3, 0.4) is 0 Å². The van der Waals surface area contributed by atoms with E-state index in [0.717, 1.165) is 16.5 Å². The molecule has 2 aliphatic carbocycles. The second kappa shape index (κ2) is 9.11. The van der Waals surface area contributed by atoms with Crippen molar-refractivity contribution in [3.63, 3.8) is 0 Å². The average Bonchev–Trinajstić information content (AvgIpc) is 3.56. The van der Waals surface area contributed by atoms with Crippen LogP contribution in [-0.2, 0) is 27.1 Å². The number of hydrogen-bond acceptors (Lipinski definition) is 7. The Balaban J connectivity index is 1.35. The van der Waals surface area contributed by atoms with E-state index in [1.807, 2.05) is 12.3 Å². The first-order chi connectivity index (χ1) is 19.2. The molecule has 9 nitrogen and oxygen atoms in total. The topological polar surface area (TPSA) is 110 Å². The molecular formula is C29H27F2N5O4. The first kappa shape index (κ1) is 25.9. The van der Waals surface area contributed by atoms with Crippen molar-refractivity contribution >= 4 is 17.4 Å². The predicted octanol–water partition coefficient (Wildman–Crippen LogP) is 4.43. The summed E-state index contributed by atoms with van der Waals surface area (Å²) in [5, 5.41) is 13.9. The van der Waals surface area contributed by atoms with Gasteiger partial charge in [0.15, 0.2) is 23.1 Å². The van der Waals surface area contributed by atoms with Crippen molar-refractivity contribution in [3.05, 3.63) is 53.5 Å². The minimum absolute atomic E-state index is 0.0651. The zero-order chi connectivity index (χ0) is 28.4. The van der Waals surface area contributed by atoms with E-state index in [1.54, 1.807) is 24.0 Å². The van der Waals surface area contributed by atoms with Gasteiger partial charge in [0.2, 0.25) is 5.91 Å². The van der Waals surface area contributed by atoms with Crippen LogP contribution >= 0.6 is 0 Å². The lowest BCUT2D eigenvalue weighted by Crippen LogP contribution is -2.48. The van der Waals surface area contributed by atoms with Crippen LogP contribution in [0.15, 0.2) is 30.7 Å². The molecule has 0 saturated heterocycles. The number of amides is 1. The van der Waals surface area contributed by atoms with Crippen molar-refractivity contribution in [2.45, 2.75) is 56.5 Å². The molecule has 0 bridgehead atoms. The normalized spacial score (nSPS) is 22.4. The molecule has 1 aromatic carbocycles. The maximum absolute atomic E-state index is 15.3. The first-order valence-electron chi connectivity index (χ1n) is 13.0. The van der Waals surface area contributed by atoms with E-state index in [9.17, 15) is 14.9 Å². The molecule has 2 aromatic heterocycles. The summed E-state index contributed by atoms with van der Waals surface area (Å²) in [4.78, 5) is 31.3. The molecule has 40 heavy (non-hydrogen) atoms. The molecule has 206 valence electrons. The second-order valence-corrected chi connectivity index (χ2v) is 10.9. The molecule has 0 unspecified atom stereocenters. The molecule has 3 aromatic rings. The summed E-state index contributed by atoms with van der Waals surface area (Å²) < 4.78 is 42.5. The molecule has 3 aliphatic rings. The lowest BCUT2D eigenvalue weighted by molar-refractivity contribution is -0.127. The lowest BCUT2D eigenvalue weighted by atomic mass is 9.65. The summed E-state index contributed by atoms with van der Waals surface area (Å²) in [5.74, 6) is -2.75. The number of fused-ring (bicyclic) bond motifs is 2. The number of ether oxygens (including phenoxy) is 2. The summed E-state index contributed by atoms with van der Waals surface area (Å²) in [6, 6.07) is 5.19. The highest BCUT2D eigenvalue weighted by molar-refractivity contribution is 6.05. The monoisotopic (exact) mass is 547 g/mol. The fraction of sp³-hybridized carbons (Fsp3) is 0.414. The third-order valence-electron chi connectivity index (χ3n) is 8.66. The number of carbonyl (C=O) groups is 2. The lowest BCUT2D eigenvalue weighted by Gasteiger charge is -2.45. The van der Waals surface area contributed by atoms with Gasteiger partial charge in [0.25, 0.3) is 0 Å². The number of Topliss-reactive ketones (excluding diaryl/α,β-unsaturated/α-hetero) is 1. The Labute approximate surface area is 229 Å². The van der Waals surface area contributed by atoms with Gasteiger partial charge in [-0.15, -0.1) is 0 Å². The number of nitriles is 1. The Morgan fingerprint density at radius 1 is 1.15 bits per heavy atom. The Hall–Kier alpha value is -4.33. The maximum Gasteiger partial charge on any atom is 0.238 e. The fourth-order valence-corrected chi connectivity index (χ4v) is 6.15. The number of halogens is 2. The van der Waals surface area contributed by atoms with Gasteiger partial charge in [0, 0.05) is 29.9 Å². The number of benzene rings is 1. The van der Waals surface area contributed by atoms with Crippen LogP contribution in [0.1, 0.15) is 50.2 Å². The molecular weight excluding hydrogens is 520 g/mol. The Kier molecular flexibility index (Phi) is 5.91. The van der Waals surface area contributed by atoms with Crippen LogP contribution in [0.4, 0.5) is 14.5 Å². The molecule has 0 atom stereocenters. The standard InChI is InChI=1S/C29H27F2N5O4/c1-16(37)17-10-28(11-17,6-7-32)36-15-19(13-34-36)21-8-20-18(12-33-21)14-35(27(38)29(20)4-5-29)26-24(30)22(39-2)9-23(40-3)25(26)31/h8-9,12-13,15,17H,4-6,10-11,14H2,1-3H3. The van der Waals surface area contributed by atoms with E-state index >= 15 is 8.78 Å². The van der Waals surface area contributed by atoms with Crippen molar-refractivity contribution in [3.8, 4) is 28.8 Å². The summed E-state index contributed by atoms with van der Waals surface area (Å²) >= 11 is 0. The van der Waals surface area contributed by atoms with E-state index < -0.39 is 34.2 Å². The van der Waals surface area contributed by atoms with Crippen LogP contribution in [0.2, 0.25) is 0 Å². The van der Waals surface area contributed by atoms with Crippen LogP contribution < -0.4 is 14.4 Å². The summed E-state index contributed by atoms with van der Waals surface area (Å²) in [6.07, 6.45) is 7.57. The van der Waals surface area contributed by atoms with Crippen LogP contribution in [0, 0.1) is 28.9 Å². The van der Waals surface area contributed by atoms with Gasteiger partial charge < -0.3 is 14.4 Å². The van der Waals surface area contributed by atoms with Crippen LogP contribution in [-0.4, -0.2) is 40.7 Å². The van der Waals surface area contributed by atoms with Gasteiger partial charge in [0.05, 0.1) is 56.1 Å². The fourth-order valence-electron chi connectivity index (χ4n) is 6.15. The smallest absolute Gasteiger partial charge is 0.238 e. The van der Waals surface area contributed by atoms with Crippen molar-refractivity contribution < 1.29 is 27.8 Å². The highest BCUT2D eigenvalue weighted by Gasteiger charge is 2.57. The van der Waals surface area contributed by atoms with Crippen molar-refractivity contribution in [1.82, 2.24) is 14.8 Å². The SMILES string of the molecule is COc1cc(OC)c(F)c(N2Cc3cnc(-c4cnn(C5(CC#N)CC(C(C)=O)C5)c4)cc3C3(CC3)C2=O)c1F. The molecule has 1 amide bonds. The number of anilines is 1. The number of carbonyl (C=O) groups excluding carboxylic acids is 2. The van der Waals surface area contributed by atoms with Crippen molar-refractivity contribution in [2.75, 3.05) is 19.1 Å². The molecule has 2 fully saturated rings. The third kappa shape index (κ3) is 3.69. The van der Waals surface area contributed by atoms with Crippen LogP contribution in [0.25, 0.3) is 11.3 Å². The average molecular weight is 548 g/mol. The first-order valence-corrected chi connectivity index (χ1v) is 13.0. The van der Waals surface area contributed by atoms with Gasteiger partial charge in [-0.3, -0.25) is 19.3 Å². The van der Waals surface area contributed by atoms with E-state index in [-0.39, 0.29) is 36.2 Å². The summed E-state index contributed by atoms with van der Waals surface area (Å²) in [7, 11) is 2.52. The van der Waals surface area contributed by atoms with Crippen molar-refractivity contribution in [2.24, 2.45) is 5.92 Å². The number of pyridine rings is 1. The molecule has 11 heteroatoms. The molecule has 6 rings (SSSR count). The minimum Gasteiger partial charge on any atom is -0.493 e. The molecule has 3 heterocycles. The number of aromatic nitrogens is 3. The molecule has 0 N–H and O–H groups in total. The van der Waals surface area contributed by atoms with Gasteiger partial charge in [-0.05, 0) is 49.8 Å². The molecule has 1 spiro atoms. The summed E-state index contributed by atoms with van der Waals surface area (Å²) in [6.45, 7) is 1.50. The van der Waals surface area contributed by atoms with E-state index in [0.29, 0.717) is 42.5 Å². The van der Waals surface area contributed by atoms with Gasteiger partial charge >= 0.3 is 0 Å². The summed E-state index contributed by atoms with van der Waals surface area (Å²) in [5.41, 5.74) is 0.862. The number of hydrogen-bond donors (Lipinski definition) is 0. The maximum atomic E-state index is 15.3. The molecule has 1 aliphatic heterocycles. The van der Waals surface area contributed by atoms with Gasteiger partial charge in [-0.1, -0.05) is 0 Å². The van der Waals surface area contributed by atoms with E-state index in [4.69, 9.17) is 9.47 Å². The van der Waals surface area contributed by atoms with E-state index in [2.05, 4.69) is 16.2 Å². The second-order valence-electron chi connectivity index (χ2n) is 10.9. The zero-order valence-corrected chi connectivity index (χ0v) is 22.3. The van der Waals surface area contributed by atoms with Gasteiger partial charge in [-0.25, -0.2) is 8.78 Å². The number of methoxy groups -OCH3 is 2. The van der Waals surface area contributed by atoms with Gasteiger partial charge in [-0.2, -0.15) is 10.4 Å². The van der Waals surface area contributed by atoms with Gasteiger partial charge in [0.1, 0.15) is 11.5 Å². The Morgan fingerprint density at radius 2 is 1.82 bits per heavy atom. The largest absolute Gasteiger partial charge is 0.493 e. The molecule has 2 saturated carbocycles. The number of rotatable bonds is 7. The van der Waals surface area contributed by atoms with Crippen LogP contribution in [0.5, 0.6) is 11.5 Å². The van der Waals surface area contributed by atoms with E-state index in [1.165, 1.54) is 14.2 Å². The quantitative estimate of drug-likeness (QED) is 0.430.